The average Bonchev–Trinajstić information content (AvgIpc) is 2.75. The van der Waals surface area contributed by atoms with Crippen LogP contribution in [0.25, 0.3) is 0 Å². The van der Waals surface area contributed by atoms with E-state index in [-0.39, 0.29) is 0 Å². The third-order valence-electron chi connectivity index (χ3n) is 7.62. The van der Waals surface area contributed by atoms with Crippen LogP contribution >= 0.6 is 0 Å². The molecule has 0 bridgehead atoms. The smallest absolute Gasteiger partial charge is 0.119 e. The first-order valence-electron chi connectivity index (χ1n) is 11.3. The van der Waals surface area contributed by atoms with E-state index >= 15 is 0 Å². The van der Waals surface area contributed by atoms with Gasteiger partial charge >= 0.3 is 0 Å². The fourth-order valence-electron chi connectivity index (χ4n) is 5.51. The number of methoxy groups -OCH3 is 1. The van der Waals surface area contributed by atoms with Gasteiger partial charge in [0.25, 0.3) is 0 Å². The molecular weight excluding hydrogens is 332 g/mol. The maximum atomic E-state index is 5.62. The minimum Gasteiger partial charge on any atom is -0.497 e. The summed E-state index contributed by atoms with van der Waals surface area (Å²) >= 11 is 0. The van der Waals surface area contributed by atoms with Gasteiger partial charge in [0.15, 0.2) is 0 Å². The Morgan fingerprint density at radius 3 is 2.33 bits per heavy atom. The molecule has 1 unspecified atom stereocenters. The summed E-state index contributed by atoms with van der Waals surface area (Å²) in [6.07, 6.45) is 9.31. The van der Waals surface area contributed by atoms with Gasteiger partial charge in [0, 0.05) is 32.2 Å². The molecule has 1 aliphatic carbocycles. The van der Waals surface area contributed by atoms with Crippen molar-refractivity contribution in [1.29, 1.82) is 0 Å². The van der Waals surface area contributed by atoms with Crippen LogP contribution in [-0.4, -0.2) is 38.2 Å². The van der Waals surface area contributed by atoms with Crippen molar-refractivity contribution < 1.29 is 4.74 Å². The van der Waals surface area contributed by atoms with Gasteiger partial charge in [0.2, 0.25) is 0 Å². The molecule has 1 aromatic carbocycles. The Labute approximate surface area is 166 Å². The Bertz CT molecular complexity index is 580. The molecule has 0 aromatic heterocycles. The molecule has 3 nitrogen and oxygen atoms in total. The summed E-state index contributed by atoms with van der Waals surface area (Å²) in [4.78, 5) is 2.68. The van der Waals surface area contributed by atoms with Crippen LogP contribution < -0.4 is 10.1 Å². The highest BCUT2D eigenvalue weighted by Gasteiger charge is 2.34. The Morgan fingerprint density at radius 2 is 1.78 bits per heavy atom. The van der Waals surface area contributed by atoms with Gasteiger partial charge in [0.1, 0.15) is 5.75 Å². The Hall–Kier alpha value is -1.06. The van der Waals surface area contributed by atoms with Gasteiger partial charge in [-0.2, -0.15) is 0 Å². The molecule has 2 aliphatic rings. The number of hydrogen-bond donors (Lipinski definition) is 1. The summed E-state index contributed by atoms with van der Waals surface area (Å²) < 4.78 is 5.62. The lowest BCUT2D eigenvalue weighted by Crippen LogP contribution is -2.45. The number of nitrogens with zero attached hydrogens (tertiary/aromatic N) is 1. The van der Waals surface area contributed by atoms with Crippen molar-refractivity contribution in [1.82, 2.24) is 10.2 Å². The third-order valence-corrected chi connectivity index (χ3v) is 7.62. The Balaban J connectivity index is 1.87. The number of rotatable bonds is 7. The Kier molecular flexibility index (Phi) is 7.22. The van der Waals surface area contributed by atoms with Gasteiger partial charge in [-0.05, 0) is 66.7 Å². The number of piperazine rings is 1. The highest BCUT2D eigenvalue weighted by Crippen LogP contribution is 2.48. The van der Waals surface area contributed by atoms with Crippen LogP contribution in [0, 0.1) is 5.41 Å². The zero-order valence-corrected chi connectivity index (χ0v) is 18.0. The van der Waals surface area contributed by atoms with E-state index in [4.69, 9.17) is 4.74 Å². The number of hydrogen-bond acceptors (Lipinski definition) is 3. The largest absolute Gasteiger partial charge is 0.497 e. The average molecular weight is 373 g/mol. The van der Waals surface area contributed by atoms with E-state index in [2.05, 4.69) is 49.2 Å². The summed E-state index contributed by atoms with van der Waals surface area (Å²) in [5.74, 6) is 1.73. The number of nitrogens with one attached hydrogen (secondary N) is 1. The number of benzene rings is 1. The third kappa shape index (κ3) is 4.51. The zero-order valence-electron chi connectivity index (χ0n) is 18.0. The SMILES string of the molecule is CCC(c1cc(OC)ccc1C1CCC(CC)(CC)CC1)N1CCNCC1. The molecule has 1 aliphatic heterocycles. The molecular formula is C24H40N2O. The predicted molar refractivity (Wildman–Crippen MR) is 115 cm³/mol. The first-order valence-corrected chi connectivity index (χ1v) is 11.3. The van der Waals surface area contributed by atoms with E-state index in [1.54, 1.807) is 12.7 Å². The molecule has 0 amide bonds. The first kappa shape index (κ1) is 20.7. The van der Waals surface area contributed by atoms with Gasteiger partial charge in [-0.1, -0.05) is 39.7 Å². The molecule has 0 radical (unpaired) electrons. The van der Waals surface area contributed by atoms with Crippen LogP contribution in [0.2, 0.25) is 0 Å². The minimum absolute atomic E-state index is 0.515. The van der Waals surface area contributed by atoms with Gasteiger partial charge < -0.3 is 10.1 Å². The number of ether oxygens (including phenoxy) is 1. The van der Waals surface area contributed by atoms with Crippen molar-refractivity contribution in [2.75, 3.05) is 33.3 Å². The van der Waals surface area contributed by atoms with Crippen LogP contribution in [0.15, 0.2) is 18.2 Å². The van der Waals surface area contributed by atoms with Crippen LogP contribution in [0.3, 0.4) is 0 Å². The molecule has 27 heavy (non-hydrogen) atoms. The molecule has 152 valence electrons. The lowest BCUT2D eigenvalue weighted by molar-refractivity contribution is 0.153. The summed E-state index contributed by atoms with van der Waals surface area (Å²) in [6, 6.07) is 7.42. The fraction of sp³-hybridized carbons (Fsp3) is 0.750. The molecule has 1 heterocycles. The summed E-state index contributed by atoms with van der Waals surface area (Å²) in [5, 5.41) is 3.50. The molecule has 3 heteroatoms. The van der Waals surface area contributed by atoms with Gasteiger partial charge in [-0.15, -0.1) is 0 Å². The first-order chi connectivity index (χ1) is 13.2. The molecule has 0 spiro atoms. The topological polar surface area (TPSA) is 24.5 Å². The molecule has 1 saturated heterocycles. The Morgan fingerprint density at radius 1 is 1.11 bits per heavy atom. The van der Waals surface area contributed by atoms with Crippen molar-refractivity contribution >= 4 is 0 Å². The maximum absolute atomic E-state index is 5.62. The van der Waals surface area contributed by atoms with E-state index in [0.29, 0.717) is 17.4 Å². The van der Waals surface area contributed by atoms with E-state index in [9.17, 15) is 0 Å². The van der Waals surface area contributed by atoms with Gasteiger partial charge in [0.05, 0.1) is 7.11 Å². The van der Waals surface area contributed by atoms with Crippen molar-refractivity contribution in [3.63, 3.8) is 0 Å². The minimum atomic E-state index is 0.515. The highest BCUT2D eigenvalue weighted by molar-refractivity contribution is 5.40. The van der Waals surface area contributed by atoms with E-state index in [1.807, 2.05) is 0 Å². The quantitative estimate of drug-likeness (QED) is 0.682. The molecule has 1 saturated carbocycles. The normalized spacial score (nSPS) is 22.5. The van der Waals surface area contributed by atoms with Crippen molar-refractivity contribution in [3.05, 3.63) is 29.3 Å². The summed E-state index contributed by atoms with van der Waals surface area (Å²) in [7, 11) is 1.79. The van der Waals surface area contributed by atoms with Crippen molar-refractivity contribution in [2.24, 2.45) is 5.41 Å². The zero-order chi connectivity index (χ0) is 19.3. The lowest BCUT2D eigenvalue weighted by atomic mass is 9.65. The molecule has 1 N–H and O–H groups in total. The monoisotopic (exact) mass is 372 g/mol. The van der Waals surface area contributed by atoms with Crippen LogP contribution in [0.1, 0.15) is 88.8 Å². The second-order valence-electron chi connectivity index (χ2n) is 8.69. The fourth-order valence-corrected chi connectivity index (χ4v) is 5.51. The highest BCUT2D eigenvalue weighted by atomic mass is 16.5. The summed E-state index contributed by atoms with van der Waals surface area (Å²) in [5.41, 5.74) is 3.73. The van der Waals surface area contributed by atoms with Crippen LogP contribution in [0.4, 0.5) is 0 Å². The molecule has 1 atom stereocenters. The molecule has 2 fully saturated rings. The van der Waals surface area contributed by atoms with E-state index < -0.39 is 0 Å². The second-order valence-corrected chi connectivity index (χ2v) is 8.69. The summed E-state index contributed by atoms with van der Waals surface area (Å²) in [6.45, 7) is 11.6. The predicted octanol–water partition coefficient (Wildman–Crippen LogP) is 5.52. The van der Waals surface area contributed by atoms with E-state index in [1.165, 1.54) is 50.5 Å². The second kappa shape index (κ2) is 9.43. The van der Waals surface area contributed by atoms with Gasteiger partial charge in [-0.3, -0.25) is 4.90 Å². The van der Waals surface area contributed by atoms with Crippen molar-refractivity contribution in [3.8, 4) is 5.75 Å². The lowest BCUT2D eigenvalue weighted by Gasteiger charge is -2.41. The molecule has 3 rings (SSSR count). The maximum Gasteiger partial charge on any atom is 0.119 e. The van der Waals surface area contributed by atoms with Crippen LogP contribution in [0.5, 0.6) is 5.75 Å². The van der Waals surface area contributed by atoms with Gasteiger partial charge in [-0.25, -0.2) is 0 Å². The molecule has 1 aromatic rings. The van der Waals surface area contributed by atoms with Crippen molar-refractivity contribution in [2.45, 2.75) is 77.7 Å². The standard InChI is InChI=1S/C24H40N2O/c1-5-23(26-16-14-25-15-17-26)22-18-20(27-4)8-9-21(22)19-10-12-24(6-2,7-3)13-11-19/h8-9,18-19,23,25H,5-7,10-17H2,1-4H3. The van der Waals surface area contributed by atoms with Crippen LogP contribution in [-0.2, 0) is 0 Å². The van der Waals surface area contributed by atoms with E-state index in [0.717, 1.165) is 31.9 Å².